The maximum Gasteiger partial charge on any atom is 0.417 e. The first-order valence-corrected chi connectivity index (χ1v) is 11.6. The van der Waals surface area contributed by atoms with Gasteiger partial charge in [0, 0.05) is 24.6 Å². The van der Waals surface area contributed by atoms with Gasteiger partial charge >= 0.3 is 6.18 Å². The van der Waals surface area contributed by atoms with Crippen LogP contribution in [0, 0.1) is 0 Å². The van der Waals surface area contributed by atoms with Crippen LogP contribution in [0.25, 0.3) is 0 Å². The van der Waals surface area contributed by atoms with Gasteiger partial charge in [0.25, 0.3) is 5.91 Å². The summed E-state index contributed by atoms with van der Waals surface area (Å²) in [5.41, 5.74) is -1.13. The number of aromatic nitrogens is 3. The molecule has 0 aliphatic rings. The number of nitrogens with one attached hydrogen (secondary N) is 2. The van der Waals surface area contributed by atoms with Gasteiger partial charge in [-0.3, -0.25) is 9.59 Å². The summed E-state index contributed by atoms with van der Waals surface area (Å²) in [6.07, 6.45) is -2.22. The summed E-state index contributed by atoms with van der Waals surface area (Å²) in [7, 11) is 0. The molecule has 186 valence electrons. The number of rotatable bonds is 9. The Hall–Kier alpha value is -2.80. The summed E-state index contributed by atoms with van der Waals surface area (Å²) >= 11 is 12.8. The fourth-order valence-electron chi connectivity index (χ4n) is 2.96. The van der Waals surface area contributed by atoms with Crippen molar-refractivity contribution in [1.29, 1.82) is 0 Å². The largest absolute Gasteiger partial charge is 0.417 e. The van der Waals surface area contributed by atoms with Crippen molar-refractivity contribution in [2.75, 3.05) is 23.8 Å². The van der Waals surface area contributed by atoms with Crippen LogP contribution >= 0.6 is 34.5 Å². The van der Waals surface area contributed by atoms with E-state index in [1.54, 1.807) is 6.92 Å². The van der Waals surface area contributed by atoms with Gasteiger partial charge in [0.15, 0.2) is 5.78 Å². The number of hydrogen-bond donors (Lipinski definition) is 3. The number of nitrogens with zero attached hydrogens (tertiary/aromatic N) is 3. The van der Waals surface area contributed by atoms with E-state index in [-0.39, 0.29) is 52.5 Å². The Labute approximate surface area is 211 Å². The second-order valence-corrected chi connectivity index (χ2v) is 9.12. The van der Waals surface area contributed by atoms with Gasteiger partial charge < -0.3 is 15.7 Å². The minimum atomic E-state index is -4.67. The summed E-state index contributed by atoms with van der Waals surface area (Å²) < 4.78 is 39.1. The maximum atomic E-state index is 13.0. The second kappa shape index (κ2) is 11.3. The van der Waals surface area contributed by atoms with E-state index in [1.165, 1.54) is 18.6 Å². The van der Waals surface area contributed by atoms with E-state index >= 15 is 0 Å². The van der Waals surface area contributed by atoms with Gasteiger partial charge in [-0.25, -0.2) is 15.0 Å². The number of alkyl halides is 3. The molecular formula is C21H18Cl2F3N5O3S. The Kier molecular flexibility index (Phi) is 8.65. The number of thiazole rings is 1. The summed E-state index contributed by atoms with van der Waals surface area (Å²) in [4.78, 5) is 37.5. The molecule has 3 aromatic rings. The fraction of sp³-hybridized carbons (Fsp3) is 0.286. The monoisotopic (exact) mass is 547 g/mol. The lowest BCUT2D eigenvalue weighted by Gasteiger charge is -2.11. The first-order chi connectivity index (χ1) is 16.5. The molecule has 0 bridgehead atoms. The van der Waals surface area contributed by atoms with Crippen LogP contribution in [0.2, 0.25) is 10.0 Å². The number of ketones is 1. The van der Waals surface area contributed by atoms with Gasteiger partial charge in [-0.05, 0) is 18.2 Å². The van der Waals surface area contributed by atoms with E-state index in [0.29, 0.717) is 5.01 Å². The molecule has 2 aromatic heterocycles. The average molecular weight is 548 g/mol. The maximum absolute atomic E-state index is 13.0. The Bertz CT molecular complexity index is 1240. The van der Waals surface area contributed by atoms with E-state index < -0.39 is 28.6 Å². The third-order valence-electron chi connectivity index (χ3n) is 4.65. The minimum Gasteiger partial charge on any atom is -0.395 e. The fourth-order valence-corrected chi connectivity index (χ4v) is 4.32. The van der Waals surface area contributed by atoms with E-state index in [4.69, 9.17) is 28.3 Å². The number of amides is 1. The Morgan fingerprint density at radius 1 is 1.20 bits per heavy atom. The highest BCUT2D eigenvalue weighted by Gasteiger charge is 2.33. The lowest BCUT2D eigenvalue weighted by atomic mass is 10.0. The lowest BCUT2D eigenvalue weighted by Crippen LogP contribution is -2.12. The molecule has 0 aliphatic carbocycles. The molecule has 14 heteroatoms. The normalized spacial score (nSPS) is 12.3. The van der Waals surface area contributed by atoms with Crippen LogP contribution in [-0.2, 0) is 6.18 Å². The van der Waals surface area contributed by atoms with Gasteiger partial charge in [-0.1, -0.05) is 30.1 Å². The minimum absolute atomic E-state index is 0.00619. The highest BCUT2D eigenvalue weighted by molar-refractivity contribution is 7.13. The Morgan fingerprint density at radius 2 is 1.94 bits per heavy atom. The van der Waals surface area contributed by atoms with Crippen molar-refractivity contribution in [2.45, 2.75) is 25.4 Å². The van der Waals surface area contributed by atoms with Gasteiger partial charge in [0.05, 0.1) is 28.4 Å². The number of anilines is 2. The number of carbonyl (C=O) groups excluding carboxylic acids is 2. The third-order valence-corrected chi connectivity index (χ3v) is 6.56. The molecule has 35 heavy (non-hydrogen) atoms. The zero-order chi connectivity index (χ0) is 25.8. The number of aliphatic hydroxyl groups is 1. The van der Waals surface area contributed by atoms with Crippen LogP contribution < -0.4 is 10.6 Å². The third kappa shape index (κ3) is 6.66. The standard InChI is InChI=1S/C21H18Cl2F3N5O3S/c1-10(6-14(33)17-16(23)18(27-4-5-32)30-9-29-17)20-28-8-15(35-20)19(34)31-11-2-3-13(22)12(7-11)21(24,25)26/h2-3,7-10,32H,4-6H2,1H3,(H,31,34)(H,27,29,30). The van der Waals surface area contributed by atoms with Crippen LogP contribution in [-0.4, -0.2) is 44.9 Å². The van der Waals surface area contributed by atoms with Crippen molar-refractivity contribution in [3.63, 3.8) is 0 Å². The van der Waals surface area contributed by atoms with E-state index in [0.717, 1.165) is 23.5 Å². The molecule has 0 radical (unpaired) electrons. The van der Waals surface area contributed by atoms with Gasteiger partial charge in [-0.15, -0.1) is 11.3 Å². The molecule has 1 unspecified atom stereocenters. The molecule has 2 heterocycles. The molecule has 3 rings (SSSR count). The molecule has 0 saturated carbocycles. The van der Waals surface area contributed by atoms with Gasteiger partial charge in [0.2, 0.25) is 0 Å². The van der Waals surface area contributed by atoms with E-state index in [9.17, 15) is 22.8 Å². The zero-order valence-electron chi connectivity index (χ0n) is 18.0. The van der Waals surface area contributed by atoms with Crippen molar-refractivity contribution < 1.29 is 27.9 Å². The Morgan fingerprint density at radius 3 is 2.63 bits per heavy atom. The van der Waals surface area contributed by atoms with Crippen LogP contribution in [0.1, 0.15) is 50.0 Å². The van der Waals surface area contributed by atoms with E-state index in [2.05, 4.69) is 25.6 Å². The number of hydrogen-bond acceptors (Lipinski definition) is 8. The molecule has 1 amide bonds. The smallest absolute Gasteiger partial charge is 0.395 e. The highest BCUT2D eigenvalue weighted by atomic mass is 35.5. The SMILES string of the molecule is CC(CC(=O)c1ncnc(NCCO)c1Cl)c1ncc(C(=O)Nc2ccc(Cl)c(C(F)(F)F)c2)s1. The van der Waals surface area contributed by atoms with Crippen molar-refractivity contribution in [3.05, 3.63) is 61.9 Å². The van der Waals surface area contributed by atoms with E-state index in [1.807, 2.05) is 0 Å². The Balaban J connectivity index is 1.69. The molecule has 0 fully saturated rings. The summed E-state index contributed by atoms with van der Waals surface area (Å²) in [6, 6.07) is 3.06. The first kappa shape index (κ1) is 26.8. The van der Waals surface area contributed by atoms with Crippen LogP contribution in [0.3, 0.4) is 0 Å². The number of benzene rings is 1. The van der Waals surface area contributed by atoms with Crippen LogP contribution in [0.4, 0.5) is 24.7 Å². The number of halogens is 5. The molecule has 0 aliphatic heterocycles. The lowest BCUT2D eigenvalue weighted by molar-refractivity contribution is -0.137. The molecular weight excluding hydrogens is 530 g/mol. The molecule has 3 N–H and O–H groups in total. The van der Waals surface area contributed by atoms with Crippen LogP contribution in [0.5, 0.6) is 0 Å². The number of carbonyl (C=O) groups is 2. The number of Topliss-reactive ketones (excluding diaryl/α,β-unsaturated/α-hetero) is 1. The first-order valence-electron chi connectivity index (χ1n) is 10.0. The molecule has 1 aromatic carbocycles. The van der Waals surface area contributed by atoms with Crippen molar-refractivity contribution >= 4 is 57.7 Å². The van der Waals surface area contributed by atoms with Crippen molar-refractivity contribution in [1.82, 2.24) is 15.0 Å². The molecule has 0 spiro atoms. The topological polar surface area (TPSA) is 117 Å². The highest BCUT2D eigenvalue weighted by Crippen LogP contribution is 2.36. The summed E-state index contributed by atoms with van der Waals surface area (Å²) in [5.74, 6) is -1.21. The quantitative estimate of drug-likeness (QED) is 0.311. The van der Waals surface area contributed by atoms with Gasteiger partial charge in [0.1, 0.15) is 27.7 Å². The van der Waals surface area contributed by atoms with Gasteiger partial charge in [-0.2, -0.15) is 13.2 Å². The summed E-state index contributed by atoms with van der Waals surface area (Å²) in [5, 5.41) is 14.1. The second-order valence-electron chi connectivity index (χ2n) is 7.27. The molecule has 1 atom stereocenters. The zero-order valence-corrected chi connectivity index (χ0v) is 20.3. The predicted molar refractivity (Wildman–Crippen MR) is 127 cm³/mol. The average Bonchev–Trinajstić information content (AvgIpc) is 3.29. The predicted octanol–water partition coefficient (Wildman–Crippen LogP) is 5.29. The summed E-state index contributed by atoms with van der Waals surface area (Å²) in [6.45, 7) is 1.77. The molecule has 8 nitrogen and oxygen atoms in total. The number of aliphatic hydroxyl groups excluding tert-OH is 1. The van der Waals surface area contributed by atoms with Crippen LogP contribution in [0.15, 0.2) is 30.7 Å². The molecule has 0 saturated heterocycles. The van der Waals surface area contributed by atoms with Crippen molar-refractivity contribution in [3.8, 4) is 0 Å². The van der Waals surface area contributed by atoms with Crippen molar-refractivity contribution in [2.24, 2.45) is 0 Å².